The highest BCUT2D eigenvalue weighted by molar-refractivity contribution is 8.14. The predicted molar refractivity (Wildman–Crippen MR) is 63.7 cm³/mol. The third-order valence-electron chi connectivity index (χ3n) is 2.64. The zero-order valence-electron chi connectivity index (χ0n) is 9.33. The number of halogens is 1. The molecular formula is C11H15ClO2S. The van der Waals surface area contributed by atoms with Gasteiger partial charge in [0.05, 0.1) is 0 Å². The fourth-order valence-corrected chi connectivity index (χ4v) is 2.36. The van der Waals surface area contributed by atoms with E-state index in [1.165, 1.54) is 0 Å². The Kier molecular flexibility index (Phi) is 3.17. The lowest BCUT2D eigenvalue weighted by atomic mass is 9.96. The van der Waals surface area contributed by atoms with Crippen LogP contribution in [0.15, 0.2) is 18.2 Å². The van der Waals surface area contributed by atoms with Gasteiger partial charge in [-0.1, -0.05) is 23.8 Å². The molecule has 1 aromatic rings. The molecule has 0 unspecified atom stereocenters. The minimum absolute atomic E-state index is 0.753. The van der Waals surface area contributed by atoms with E-state index in [1.54, 1.807) is 13.8 Å². The smallest absolute Gasteiger partial charge is 0.211 e. The van der Waals surface area contributed by atoms with Crippen molar-refractivity contribution in [2.75, 3.05) is 0 Å². The molecule has 0 saturated carbocycles. The molecule has 15 heavy (non-hydrogen) atoms. The van der Waals surface area contributed by atoms with E-state index >= 15 is 0 Å². The van der Waals surface area contributed by atoms with Crippen LogP contribution in [0.1, 0.15) is 30.5 Å². The first-order valence-corrected chi connectivity index (χ1v) is 6.99. The van der Waals surface area contributed by atoms with Crippen LogP contribution in [0.5, 0.6) is 0 Å². The lowest BCUT2D eigenvalue weighted by molar-refractivity contribution is 0.569. The summed E-state index contributed by atoms with van der Waals surface area (Å²) in [6, 6.07) is 5.68. The maximum absolute atomic E-state index is 11.5. The second-order valence-electron chi connectivity index (χ2n) is 4.27. The summed E-state index contributed by atoms with van der Waals surface area (Å²) in [6.45, 7) is 7.10. The second-order valence-corrected chi connectivity index (χ2v) is 7.38. The topological polar surface area (TPSA) is 34.1 Å². The molecule has 0 aliphatic rings. The summed E-state index contributed by atoms with van der Waals surface area (Å²) in [4.78, 5) is 0. The van der Waals surface area contributed by atoms with Crippen LogP contribution in [-0.2, 0) is 13.8 Å². The van der Waals surface area contributed by atoms with Crippen molar-refractivity contribution in [3.8, 4) is 0 Å². The van der Waals surface area contributed by atoms with Crippen LogP contribution in [0.2, 0.25) is 0 Å². The third kappa shape index (κ3) is 2.34. The molecule has 0 amide bonds. The third-order valence-corrected chi connectivity index (χ3v) is 5.24. The molecule has 0 spiro atoms. The lowest BCUT2D eigenvalue weighted by Crippen LogP contribution is -2.25. The van der Waals surface area contributed by atoms with Crippen LogP contribution in [-0.4, -0.2) is 8.42 Å². The highest BCUT2D eigenvalue weighted by Crippen LogP contribution is 2.34. The molecule has 0 saturated heterocycles. The molecule has 0 heterocycles. The van der Waals surface area contributed by atoms with Gasteiger partial charge in [-0.3, -0.25) is 0 Å². The Balaban J connectivity index is 3.41. The first-order valence-electron chi connectivity index (χ1n) is 4.68. The zero-order chi connectivity index (χ0) is 11.9. The van der Waals surface area contributed by atoms with Crippen LogP contribution in [0.25, 0.3) is 0 Å². The summed E-state index contributed by atoms with van der Waals surface area (Å²) in [5, 5.41) is 0. The Morgan fingerprint density at radius 2 is 1.73 bits per heavy atom. The molecule has 2 nitrogen and oxygen atoms in total. The first-order chi connectivity index (χ1) is 6.66. The zero-order valence-corrected chi connectivity index (χ0v) is 10.9. The van der Waals surface area contributed by atoms with Gasteiger partial charge < -0.3 is 0 Å². The van der Waals surface area contributed by atoms with Crippen molar-refractivity contribution in [2.45, 2.75) is 32.4 Å². The van der Waals surface area contributed by atoms with Crippen molar-refractivity contribution in [1.29, 1.82) is 0 Å². The van der Waals surface area contributed by atoms with E-state index in [4.69, 9.17) is 10.7 Å². The van der Waals surface area contributed by atoms with Crippen molar-refractivity contribution in [1.82, 2.24) is 0 Å². The van der Waals surface area contributed by atoms with Crippen LogP contribution in [0.4, 0.5) is 0 Å². The molecule has 0 fully saturated rings. The summed E-state index contributed by atoms with van der Waals surface area (Å²) in [5.74, 6) is 0. The van der Waals surface area contributed by atoms with Gasteiger partial charge in [0, 0.05) is 10.7 Å². The van der Waals surface area contributed by atoms with Crippen molar-refractivity contribution in [2.24, 2.45) is 0 Å². The molecule has 4 heteroatoms. The van der Waals surface area contributed by atoms with Crippen molar-refractivity contribution in [3.05, 3.63) is 34.9 Å². The van der Waals surface area contributed by atoms with Gasteiger partial charge in [-0.2, -0.15) is 0 Å². The summed E-state index contributed by atoms with van der Waals surface area (Å²) in [6.07, 6.45) is 0. The Labute approximate surface area is 95.7 Å². The van der Waals surface area contributed by atoms with E-state index in [1.807, 2.05) is 32.0 Å². The highest BCUT2D eigenvalue weighted by Gasteiger charge is 2.35. The average Bonchev–Trinajstić information content (AvgIpc) is 2.00. The minimum Gasteiger partial charge on any atom is -0.211 e. The van der Waals surface area contributed by atoms with Crippen LogP contribution < -0.4 is 0 Å². The van der Waals surface area contributed by atoms with Crippen molar-refractivity contribution < 1.29 is 8.42 Å². The van der Waals surface area contributed by atoms with E-state index in [9.17, 15) is 8.42 Å². The van der Waals surface area contributed by atoms with E-state index in [0.717, 1.165) is 16.7 Å². The van der Waals surface area contributed by atoms with Gasteiger partial charge in [-0.05, 0) is 38.8 Å². The Hall–Kier alpha value is -0.540. The summed E-state index contributed by atoms with van der Waals surface area (Å²) >= 11 is 0. The predicted octanol–water partition coefficient (Wildman–Crippen LogP) is 3.11. The maximum Gasteiger partial charge on any atom is 0.241 e. The summed E-state index contributed by atoms with van der Waals surface area (Å²) < 4.78 is 21.9. The number of rotatable bonds is 2. The first kappa shape index (κ1) is 12.5. The van der Waals surface area contributed by atoms with Gasteiger partial charge in [0.1, 0.15) is 4.75 Å². The molecule has 1 aromatic carbocycles. The molecule has 0 aliphatic heterocycles. The number of benzene rings is 1. The maximum atomic E-state index is 11.5. The molecule has 1 rings (SSSR count). The molecule has 0 radical (unpaired) electrons. The number of hydrogen-bond donors (Lipinski definition) is 0. The van der Waals surface area contributed by atoms with E-state index in [2.05, 4.69) is 0 Å². The Morgan fingerprint density at radius 3 is 2.13 bits per heavy atom. The monoisotopic (exact) mass is 246 g/mol. The van der Waals surface area contributed by atoms with Crippen LogP contribution in [0.3, 0.4) is 0 Å². The SMILES string of the molecule is Cc1ccc(C(C)(C)S(=O)(=O)Cl)c(C)c1. The van der Waals surface area contributed by atoms with Crippen molar-refractivity contribution >= 4 is 19.7 Å². The van der Waals surface area contributed by atoms with Gasteiger partial charge in [0.25, 0.3) is 0 Å². The second kappa shape index (κ2) is 3.80. The molecule has 0 N–H and O–H groups in total. The van der Waals surface area contributed by atoms with Crippen LogP contribution >= 0.6 is 10.7 Å². The molecule has 0 aliphatic carbocycles. The van der Waals surface area contributed by atoms with Crippen molar-refractivity contribution in [3.63, 3.8) is 0 Å². The van der Waals surface area contributed by atoms with E-state index in [0.29, 0.717) is 0 Å². The molecular weight excluding hydrogens is 232 g/mol. The molecule has 84 valence electrons. The standard InChI is InChI=1S/C11H15ClO2S/c1-8-5-6-10(9(2)7-8)11(3,4)15(12,13)14/h5-7H,1-4H3. The summed E-state index contributed by atoms with van der Waals surface area (Å²) in [5.41, 5.74) is 2.81. The lowest BCUT2D eigenvalue weighted by Gasteiger charge is -2.23. The fraction of sp³-hybridized carbons (Fsp3) is 0.455. The molecule has 0 atom stereocenters. The molecule has 0 bridgehead atoms. The normalized spacial score (nSPS) is 12.9. The number of hydrogen-bond acceptors (Lipinski definition) is 2. The highest BCUT2D eigenvalue weighted by atomic mass is 35.7. The van der Waals surface area contributed by atoms with Crippen LogP contribution in [0, 0.1) is 13.8 Å². The minimum atomic E-state index is -3.62. The Bertz CT molecular complexity index is 475. The largest absolute Gasteiger partial charge is 0.241 e. The average molecular weight is 247 g/mol. The summed E-state index contributed by atoms with van der Waals surface area (Å²) in [7, 11) is 1.82. The quantitative estimate of drug-likeness (QED) is 0.752. The fourth-order valence-electron chi connectivity index (χ4n) is 1.62. The number of aryl methyl sites for hydroxylation is 2. The Morgan fingerprint density at radius 1 is 1.20 bits per heavy atom. The van der Waals surface area contributed by atoms with E-state index in [-0.39, 0.29) is 0 Å². The van der Waals surface area contributed by atoms with Gasteiger partial charge in [-0.25, -0.2) is 8.42 Å². The molecule has 0 aromatic heterocycles. The van der Waals surface area contributed by atoms with Gasteiger partial charge in [0.2, 0.25) is 9.05 Å². The van der Waals surface area contributed by atoms with Gasteiger partial charge in [-0.15, -0.1) is 0 Å². The van der Waals surface area contributed by atoms with E-state index < -0.39 is 13.8 Å². The van der Waals surface area contributed by atoms with Gasteiger partial charge >= 0.3 is 0 Å². The van der Waals surface area contributed by atoms with Gasteiger partial charge in [0.15, 0.2) is 0 Å².